The molecule has 8 atom stereocenters. The number of likely N-dealkylation sites (N-methyl/N-ethyl adjacent to an activating group) is 2. The molecular weight excluding hydrogens is 843 g/mol. The maximum Gasteiger partial charge on any atom is 0.334 e. The number of carbonyl (C=O) groups excluding carboxylic acids is 7. The molecule has 1 aliphatic heterocycles. The Balaban J connectivity index is 2.02. The number of rotatable bonds is 10. The van der Waals surface area contributed by atoms with Crippen LogP contribution in [0.3, 0.4) is 0 Å². The summed E-state index contributed by atoms with van der Waals surface area (Å²) < 4.78 is 17.7. The first-order chi connectivity index (χ1) is 31.2. The minimum Gasteiger partial charge on any atom is -0.489 e. The van der Waals surface area contributed by atoms with Gasteiger partial charge in [-0.1, -0.05) is 95.7 Å². The number of allylic oxidation sites excluding steroid dienone is 2. The maximum atomic E-state index is 14.4. The zero-order valence-corrected chi connectivity index (χ0v) is 41.0. The van der Waals surface area contributed by atoms with E-state index >= 15 is 0 Å². The molecule has 362 valence electrons. The van der Waals surface area contributed by atoms with Crippen LogP contribution >= 0.6 is 0 Å². The molecule has 3 N–H and O–H groups in total. The molecule has 0 aliphatic carbocycles. The van der Waals surface area contributed by atoms with Gasteiger partial charge in [0.25, 0.3) is 5.91 Å². The number of cyclic esters (lactones) is 2. The van der Waals surface area contributed by atoms with Gasteiger partial charge in [-0.3, -0.25) is 24.0 Å². The van der Waals surface area contributed by atoms with E-state index in [9.17, 15) is 33.6 Å². The van der Waals surface area contributed by atoms with Gasteiger partial charge in [0.05, 0.1) is 6.54 Å². The Labute approximate surface area is 391 Å². The van der Waals surface area contributed by atoms with Crippen LogP contribution < -0.4 is 20.7 Å². The Kier molecular flexibility index (Phi) is 21.6. The van der Waals surface area contributed by atoms with Gasteiger partial charge in [-0.15, -0.1) is 0 Å². The Morgan fingerprint density at radius 3 is 2.08 bits per heavy atom. The number of hydrogen-bond acceptors (Lipinski definition) is 10. The van der Waals surface area contributed by atoms with Crippen LogP contribution in [0, 0.1) is 17.8 Å². The number of benzene rings is 2. The molecule has 2 aromatic rings. The summed E-state index contributed by atoms with van der Waals surface area (Å²) in [6, 6.07) is 12.4. The highest BCUT2D eigenvalue weighted by Gasteiger charge is 2.36. The van der Waals surface area contributed by atoms with Crippen LogP contribution in [0.2, 0.25) is 0 Å². The number of amides is 5. The van der Waals surface area contributed by atoms with Crippen molar-refractivity contribution in [2.45, 2.75) is 144 Å². The molecule has 0 bridgehead atoms. The fraction of sp³-hybridized carbons (Fsp3) is 0.549. The van der Waals surface area contributed by atoms with Crippen molar-refractivity contribution in [2.75, 3.05) is 20.6 Å². The second kappa shape index (κ2) is 26.2. The molecule has 5 amide bonds. The molecular formula is C51H73N5O10. The molecule has 15 heteroatoms. The van der Waals surface area contributed by atoms with E-state index in [2.05, 4.69) is 16.0 Å². The fourth-order valence-electron chi connectivity index (χ4n) is 7.44. The number of carbonyl (C=O) groups is 7. The van der Waals surface area contributed by atoms with Crippen molar-refractivity contribution in [1.29, 1.82) is 0 Å². The molecule has 3 rings (SSSR count). The quantitative estimate of drug-likeness (QED) is 0.193. The Hall–Kier alpha value is -5.99. The van der Waals surface area contributed by atoms with Crippen LogP contribution in [0.1, 0.15) is 106 Å². The molecule has 0 radical (unpaired) electrons. The third-order valence-electron chi connectivity index (χ3n) is 12.0. The molecule has 66 heavy (non-hydrogen) atoms. The molecule has 15 nitrogen and oxygen atoms in total. The van der Waals surface area contributed by atoms with E-state index in [4.69, 9.17) is 14.2 Å². The first-order valence-corrected chi connectivity index (χ1v) is 23.1. The molecule has 0 saturated carbocycles. The minimum absolute atomic E-state index is 0.0327. The molecule has 0 spiro atoms. The van der Waals surface area contributed by atoms with Gasteiger partial charge in [0.2, 0.25) is 23.6 Å². The maximum absolute atomic E-state index is 14.4. The summed E-state index contributed by atoms with van der Waals surface area (Å²) in [6.45, 7) is 17.5. The van der Waals surface area contributed by atoms with Crippen molar-refractivity contribution < 1.29 is 47.8 Å². The van der Waals surface area contributed by atoms with Gasteiger partial charge in [-0.05, 0) is 100 Å². The van der Waals surface area contributed by atoms with Crippen molar-refractivity contribution in [3.8, 4) is 5.75 Å². The summed E-state index contributed by atoms with van der Waals surface area (Å²) in [5.74, 6) is -4.45. The summed E-state index contributed by atoms with van der Waals surface area (Å²) >= 11 is 0. The fourth-order valence-corrected chi connectivity index (χ4v) is 7.44. The highest BCUT2D eigenvalue weighted by molar-refractivity contribution is 5.96. The van der Waals surface area contributed by atoms with E-state index in [1.165, 1.54) is 37.7 Å². The lowest BCUT2D eigenvalue weighted by molar-refractivity contribution is -0.154. The Morgan fingerprint density at radius 1 is 0.833 bits per heavy atom. The van der Waals surface area contributed by atoms with Gasteiger partial charge in [0.15, 0.2) is 6.10 Å². The van der Waals surface area contributed by atoms with Gasteiger partial charge in [-0.25, -0.2) is 9.59 Å². The van der Waals surface area contributed by atoms with Gasteiger partial charge in [0.1, 0.15) is 42.6 Å². The molecule has 1 heterocycles. The first-order valence-electron chi connectivity index (χ1n) is 23.1. The second-order valence-electron chi connectivity index (χ2n) is 18.0. The summed E-state index contributed by atoms with van der Waals surface area (Å²) in [6.07, 6.45) is 3.38. The number of ether oxygens (including phenoxy) is 3. The van der Waals surface area contributed by atoms with E-state index in [0.717, 1.165) is 11.1 Å². The van der Waals surface area contributed by atoms with Crippen LogP contribution in [-0.4, -0.2) is 108 Å². The van der Waals surface area contributed by atoms with Crippen LogP contribution in [0.4, 0.5) is 0 Å². The summed E-state index contributed by atoms with van der Waals surface area (Å²) in [5.41, 5.74) is 2.76. The largest absolute Gasteiger partial charge is 0.489 e. The summed E-state index contributed by atoms with van der Waals surface area (Å²) in [4.78, 5) is 99.2. The van der Waals surface area contributed by atoms with Crippen molar-refractivity contribution >= 4 is 41.5 Å². The normalized spacial score (nSPS) is 25.8. The average Bonchev–Trinajstić information content (AvgIpc) is 3.29. The lowest BCUT2D eigenvalue weighted by Crippen LogP contribution is -2.57. The summed E-state index contributed by atoms with van der Waals surface area (Å²) in [5, 5.41) is 8.19. The van der Waals surface area contributed by atoms with Crippen molar-refractivity contribution in [1.82, 2.24) is 25.8 Å². The van der Waals surface area contributed by atoms with E-state index < -0.39 is 84.4 Å². The van der Waals surface area contributed by atoms with Crippen LogP contribution in [0.25, 0.3) is 0 Å². The topological polar surface area (TPSA) is 190 Å². The number of nitrogens with one attached hydrogen (secondary N) is 3. The molecule has 0 fully saturated rings. The van der Waals surface area contributed by atoms with E-state index in [-0.39, 0.29) is 36.2 Å². The van der Waals surface area contributed by atoms with E-state index in [1.807, 2.05) is 78.0 Å². The highest BCUT2D eigenvalue weighted by atomic mass is 16.6. The van der Waals surface area contributed by atoms with Crippen molar-refractivity contribution in [2.24, 2.45) is 17.8 Å². The smallest absolute Gasteiger partial charge is 0.334 e. The third-order valence-corrected chi connectivity index (χ3v) is 12.0. The zero-order chi connectivity index (χ0) is 49.2. The standard InChI is InChI=1S/C51H73N5O10/c1-13-32(5)44-47(59)53-37(10)51(63)66-45(33(6)14-2)34(7)19-18-20-35(8)50(62)65-42(27-31(3)4)46(58)52-36(9)48(60)56(12)41(49(61)55(11)29-43(57)54-44)28-38-23-25-40(26-24-38)64-30-39-21-16-15-17-22-39/h14-17,20-26,31-32,34,36-37,41-42,44-45H,13,18-19,27-30H2,1-12H3,(H,52,58)(H,53,59)(H,54,57)/b33-14+,35-20+/t32?,34-,36-,37+,41+,42+,44-,45+/m0/s1. The SMILES string of the molecule is C/C=C(\C)[C@H]1OC(=O)[C@@H](C)NC(=O)[C@H](C(C)CC)NC(=O)CN(C)C(=O)[C@@H](Cc2ccc(OCc3ccccc3)cc2)N(C)C(=O)[C@H](C)NC(=O)[C@@H](CC(C)C)OC(=O)/C(C)=C/CC[C@@H]1C. The molecule has 1 unspecified atom stereocenters. The number of hydrogen-bond donors (Lipinski definition) is 3. The molecule has 0 aromatic heterocycles. The number of esters is 2. The first kappa shape index (κ1) is 54.3. The predicted octanol–water partition coefficient (Wildman–Crippen LogP) is 5.85. The van der Waals surface area contributed by atoms with Crippen LogP contribution in [0.5, 0.6) is 5.75 Å². The van der Waals surface area contributed by atoms with Gasteiger partial charge in [-0.2, -0.15) is 0 Å². The van der Waals surface area contributed by atoms with Crippen molar-refractivity contribution in [3.05, 3.63) is 89.0 Å². The number of nitrogens with zero attached hydrogens (tertiary/aromatic N) is 2. The third kappa shape index (κ3) is 16.5. The Morgan fingerprint density at radius 2 is 1.47 bits per heavy atom. The monoisotopic (exact) mass is 916 g/mol. The lowest BCUT2D eigenvalue weighted by Gasteiger charge is -2.33. The van der Waals surface area contributed by atoms with Gasteiger partial charge >= 0.3 is 11.9 Å². The Bertz CT molecular complexity index is 2030. The lowest BCUT2D eigenvalue weighted by atomic mass is 9.93. The van der Waals surface area contributed by atoms with E-state index in [0.29, 0.717) is 37.2 Å². The van der Waals surface area contributed by atoms with Crippen LogP contribution in [-0.2, 0) is 56.1 Å². The molecule has 1 aliphatic rings. The second-order valence-corrected chi connectivity index (χ2v) is 18.0. The van der Waals surface area contributed by atoms with Gasteiger partial charge < -0.3 is 40.0 Å². The molecule has 0 saturated heterocycles. The van der Waals surface area contributed by atoms with Gasteiger partial charge in [0, 0.05) is 26.1 Å². The van der Waals surface area contributed by atoms with Crippen LogP contribution in [0.15, 0.2) is 77.9 Å². The average molecular weight is 916 g/mol. The predicted molar refractivity (Wildman–Crippen MR) is 253 cm³/mol. The summed E-state index contributed by atoms with van der Waals surface area (Å²) in [7, 11) is 2.88. The molecule has 2 aromatic carbocycles. The van der Waals surface area contributed by atoms with Crippen molar-refractivity contribution in [3.63, 3.8) is 0 Å². The highest BCUT2D eigenvalue weighted by Crippen LogP contribution is 2.24. The minimum atomic E-state index is -1.22. The zero-order valence-electron chi connectivity index (χ0n) is 41.0. The van der Waals surface area contributed by atoms with E-state index in [1.54, 1.807) is 44.2 Å².